The van der Waals surface area contributed by atoms with Crippen LogP contribution in [-0.4, -0.2) is 36.4 Å². The molecule has 0 radical (unpaired) electrons. The van der Waals surface area contributed by atoms with E-state index in [4.69, 9.17) is 15.2 Å². The van der Waals surface area contributed by atoms with Crippen LogP contribution in [0.15, 0.2) is 59.1 Å². The highest BCUT2D eigenvalue weighted by Crippen LogP contribution is 2.30. The lowest BCUT2D eigenvalue weighted by Crippen LogP contribution is -2.02. The van der Waals surface area contributed by atoms with Crippen molar-refractivity contribution in [2.45, 2.75) is 0 Å². The number of benzene rings is 3. The highest BCUT2D eigenvalue weighted by molar-refractivity contribution is 9.10. The Labute approximate surface area is 215 Å². The van der Waals surface area contributed by atoms with Gasteiger partial charge in [-0.05, 0) is 59.2 Å². The van der Waals surface area contributed by atoms with Crippen molar-refractivity contribution in [3.8, 4) is 17.6 Å². The Balaban J connectivity index is 1.96. The second-order valence-corrected chi connectivity index (χ2v) is 8.35. The third-order valence-electron chi connectivity index (χ3n) is 5.25. The van der Waals surface area contributed by atoms with Gasteiger partial charge in [-0.15, -0.1) is 0 Å². The van der Waals surface area contributed by atoms with Gasteiger partial charge < -0.3 is 25.4 Å². The molecule has 0 aromatic heterocycles. The van der Waals surface area contributed by atoms with Crippen LogP contribution in [0, 0.1) is 11.3 Å². The zero-order chi connectivity index (χ0) is 26.4. The minimum atomic E-state index is -1.14. The molecule has 0 bridgehead atoms. The number of carbonyl (C=O) groups is 2. The fourth-order valence-electron chi connectivity index (χ4n) is 3.49. The molecule has 0 fully saturated rings. The lowest BCUT2D eigenvalue weighted by atomic mass is 10.00. The van der Waals surface area contributed by atoms with E-state index in [0.717, 1.165) is 0 Å². The Kier molecular flexibility index (Phi) is 8.14. The Morgan fingerprint density at radius 2 is 1.39 bits per heavy atom. The number of ether oxygens (including phenoxy) is 2. The van der Waals surface area contributed by atoms with Crippen LogP contribution in [-0.2, 0) is 0 Å². The van der Waals surface area contributed by atoms with Crippen LogP contribution in [0.2, 0.25) is 0 Å². The second-order valence-electron chi connectivity index (χ2n) is 7.49. The number of carboxylic acid groups (broad SMARTS) is 2. The molecule has 0 aliphatic carbocycles. The van der Waals surface area contributed by atoms with Crippen molar-refractivity contribution in [2.24, 2.45) is 5.73 Å². The lowest BCUT2D eigenvalue weighted by molar-refractivity contribution is 0.0682. The Bertz CT molecular complexity index is 1450. The van der Waals surface area contributed by atoms with Crippen LogP contribution in [0.25, 0.3) is 23.4 Å². The summed E-state index contributed by atoms with van der Waals surface area (Å²) < 4.78 is 10.8. The molecule has 8 nitrogen and oxygen atoms in total. The molecule has 0 atom stereocenters. The van der Waals surface area contributed by atoms with Crippen LogP contribution >= 0.6 is 15.9 Å². The summed E-state index contributed by atoms with van der Waals surface area (Å²) in [5, 5.41) is 28.5. The number of allylic oxidation sites excluding steroid dienone is 1. The normalized spacial score (nSPS) is 11.5. The molecule has 182 valence electrons. The molecular formula is C27H21BrN2O6. The molecule has 0 saturated carbocycles. The van der Waals surface area contributed by atoms with Crippen LogP contribution in [0.1, 0.15) is 43.0 Å². The standard InChI is InChI=1S/C27H21BrN2O6/c1-35-24-7-3-15(10-20(24)26(31)32)9-18(14-29)17-5-6-19(22(28)13-17)23(30)12-16-4-8-25(36-2)21(11-16)27(33)34/h3-13H,30H2,1-2H3,(H,31,32)(H,33,34)/b18-9+,23-12-. The molecule has 0 saturated heterocycles. The van der Waals surface area contributed by atoms with Crippen molar-refractivity contribution in [3.05, 3.63) is 92.5 Å². The molecule has 4 N–H and O–H groups in total. The van der Waals surface area contributed by atoms with E-state index in [-0.39, 0.29) is 22.6 Å². The topological polar surface area (TPSA) is 143 Å². The van der Waals surface area contributed by atoms with Gasteiger partial charge in [0.05, 0.1) is 25.9 Å². The van der Waals surface area contributed by atoms with Crippen LogP contribution in [0.4, 0.5) is 0 Å². The maximum absolute atomic E-state index is 11.5. The average molecular weight is 549 g/mol. The maximum Gasteiger partial charge on any atom is 0.339 e. The van der Waals surface area contributed by atoms with E-state index in [1.165, 1.54) is 32.4 Å². The monoisotopic (exact) mass is 548 g/mol. The lowest BCUT2D eigenvalue weighted by Gasteiger charge is -2.10. The molecule has 3 rings (SSSR count). The molecule has 0 unspecified atom stereocenters. The second kappa shape index (κ2) is 11.3. The van der Waals surface area contributed by atoms with Gasteiger partial charge >= 0.3 is 11.9 Å². The van der Waals surface area contributed by atoms with Crippen molar-refractivity contribution in [1.29, 1.82) is 5.26 Å². The number of nitriles is 1. The molecule has 3 aromatic rings. The van der Waals surface area contributed by atoms with E-state index < -0.39 is 11.9 Å². The van der Waals surface area contributed by atoms with E-state index in [1.54, 1.807) is 48.6 Å². The summed E-state index contributed by atoms with van der Waals surface area (Å²) in [6.07, 6.45) is 3.22. The number of aromatic carboxylic acids is 2. The van der Waals surface area contributed by atoms with Gasteiger partial charge in [0.2, 0.25) is 0 Å². The third-order valence-corrected chi connectivity index (χ3v) is 5.91. The van der Waals surface area contributed by atoms with Crippen LogP contribution in [0.3, 0.4) is 0 Å². The van der Waals surface area contributed by atoms with Crippen LogP contribution < -0.4 is 15.2 Å². The summed E-state index contributed by atoms with van der Waals surface area (Å²) in [5.74, 6) is -1.79. The zero-order valence-electron chi connectivity index (χ0n) is 19.3. The van der Waals surface area contributed by atoms with Gasteiger partial charge in [0, 0.05) is 15.7 Å². The Hall–Kier alpha value is -4.55. The number of hydrogen-bond acceptors (Lipinski definition) is 6. The molecule has 36 heavy (non-hydrogen) atoms. The highest BCUT2D eigenvalue weighted by Gasteiger charge is 2.14. The summed E-state index contributed by atoms with van der Waals surface area (Å²) in [6.45, 7) is 0. The van der Waals surface area contributed by atoms with Gasteiger partial charge in [-0.1, -0.05) is 40.2 Å². The molecule has 0 spiro atoms. The number of nitrogens with zero attached hydrogens (tertiary/aromatic N) is 1. The molecule has 0 aliphatic heterocycles. The summed E-state index contributed by atoms with van der Waals surface area (Å²) in [4.78, 5) is 23.0. The largest absolute Gasteiger partial charge is 0.496 e. The SMILES string of the molecule is COc1ccc(/C=C(\C#N)c2ccc(/C(N)=C/c3ccc(OC)c(C(=O)O)c3)c(Br)c2)cc1C(=O)O. The van der Waals surface area contributed by atoms with Crippen molar-refractivity contribution in [1.82, 2.24) is 0 Å². The molecule has 9 heteroatoms. The van der Waals surface area contributed by atoms with E-state index in [9.17, 15) is 25.1 Å². The van der Waals surface area contributed by atoms with E-state index >= 15 is 0 Å². The molecule has 0 aliphatic rings. The first-order chi connectivity index (χ1) is 17.2. The minimum absolute atomic E-state index is 0.0115. The number of hydrogen-bond donors (Lipinski definition) is 3. The molecule has 0 heterocycles. The number of methoxy groups -OCH3 is 2. The number of rotatable bonds is 8. The van der Waals surface area contributed by atoms with Crippen molar-refractivity contribution in [2.75, 3.05) is 14.2 Å². The zero-order valence-corrected chi connectivity index (χ0v) is 20.9. The third kappa shape index (κ3) is 5.74. The van der Waals surface area contributed by atoms with Gasteiger partial charge in [-0.3, -0.25) is 0 Å². The number of halogens is 1. The first-order valence-electron chi connectivity index (χ1n) is 10.4. The fraction of sp³-hybridized carbons (Fsp3) is 0.0741. The van der Waals surface area contributed by atoms with E-state index in [1.807, 2.05) is 0 Å². The predicted molar refractivity (Wildman–Crippen MR) is 140 cm³/mol. The van der Waals surface area contributed by atoms with Gasteiger partial charge in [0.1, 0.15) is 22.6 Å². The van der Waals surface area contributed by atoms with Crippen molar-refractivity contribution < 1.29 is 29.3 Å². The van der Waals surface area contributed by atoms with Gasteiger partial charge in [0.15, 0.2) is 0 Å². The Morgan fingerprint density at radius 3 is 1.83 bits per heavy atom. The van der Waals surface area contributed by atoms with Gasteiger partial charge in [-0.2, -0.15) is 5.26 Å². The predicted octanol–water partition coefficient (Wildman–Crippen LogP) is 5.38. The van der Waals surface area contributed by atoms with E-state index in [0.29, 0.717) is 38.0 Å². The molecule has 3 aromatic carbocycles. The van der Waals surface area contributed by atoms with Crippen molar-refractivity contribution >= 4 is 51.3 Å². The number of carboxylic acids is 2. The quantitative estimate of drug-likeness (QED) is 0.251. The maximum atomic E-state index is 11.5. The average Bonchev–Trinajstić information content (AvgIpc) is 2.86. The fourth-order valence-corrected chi connectivity index (χ4v) is 4.09. The Morgan fingerprint density at radius 1 is 0.861 bits per heavy atom. The smallest absolute Gasteiger partial charge is 0.339 e. The summed E-state index contributed by atoms with van der Waals surface area (Å²) in [5.41, 5.74) is 9.31. The first kappa shape index (κ1) is 26.1. The van der Waals surface area contributed by atoms with Crippen molar-refractivity contribution in [3.63, 3.8) is 0 Å². The summed E-state index contributed by atoms with van der Waals surface area (Å²) in [7, 11) is 2.78. The summed E-state index contributed by atoms with van der Waals surface area (Å²) in [6, 6.07) is 16.6. The number of nitrogens with two attached hydrogens (primary N) is 1. The summed E-state index contributed by atoms with van der Waals surface area (Å²) >= 11 is 3.49. The first-order valence-corrected chi connectivity index (χ1v) is 11.2. The molecule has 0 amide bonds. The van der Waals surface area contributed by atoms with Crippen LogP contribution in [0.5, 0.6) is 11.5 Å². The minimum Gasteiger partial charge on any atom is -0.496 e. The molecular weight excluding hydrogens is 528 g/mol. The van der Waals surface area contributed by atoms with Gasteiger partial charge in [-0.25, -0.2) is 9.59 Å². The van der Waals surface area contributed by atoms with Gasteiger partial charge in [0.25, 0.3) is 0 Å². The highest BCUT2D eigenvalue weighted by atomic mass is 79.9. The van der Waals surface area contributed by atoms with E-state index in [2.05, 4.69) is 22.0 Å².